The van der Waals surface area contributed by atoms with Crippen LogP contribution in [0.1, 0.15) is 35.1 Å². The molecule has 4 rings (SSSR count). The molecule has 0 bridgehead atoms. The minimum atomic E-state index is -3.72. The Morgan fingerprint density at radius 3 is 2.60 bits per heavy atom. The van der Waals surface area contributed by atoms with Gasteiger partial charge in [0.25, 0.3) is 0 Å². The monoisotopic (exact) mass is 351 g/mol. The number of anilines is 1. The van der Waals surface area contributed by atoms with E-state index in [0.717, 1.165) is 23.2 Å². The summed E-state index contributed by atoms with van der Waals surface area (Å²) in [6.45, 7) is 0. The molecule has 1 aliphatic carbocycles. The summed E-state index contributed by atoms with van der Waals surface area (Å²) >= 11 is 0. The molecule has 126 valence electrons. The summed E-state index contributed by atoms with van der Waals surface area (Å²) in [6.07, 6.45) is 5.21. The Balaban J connectivity index is 1.77. The molecule has 0 fully saturated rings. The number of nitrogens with zero attached hydrogens (tertiary/aromatic N) is 1. The Bertz CT molecular complexity index is 1000. The van der Waals surface area contributed by atoms with Crippen LogP contribution in [-0.2, 0) is 10.0 Å². The zero-order valence-corrected chi connectivity index (χ0v) is 14.2. The van der Waals surface area contributed by atoms with Gasteiger partial charge in [-0.2, -0.15) is 5.26 Å². The number of nitrogens with one attached hydrogen (secondary N) is 1. The number of primary sulfonamides is 1. The van der Waals surface area contributed by atoms with Gasteiger partial charge in [0.15, 0.2) is 0 Å². The number of allylic oxidation sites excluding steroid dienone is 2. The third-order valence-electron chi connectivity index (χ3n) is 5.06. The lowest BCUT2D eigenvalue weighted by Crippen LogP contribution is -2.29. The first kappa shape index (κ1) is 15.9. The van der Waals surface area contributed by atoms with Crippen LogP contribution >= 0.6 is 0 Å². The smallest absolute Gasteiger partial charge is 0.238 e. The number of sulfonamides is 1. The third kappa shape index (κ3) is 2.72. The topological polar surface area (TPSA) is 96.0 Å². The zero-order chi connectivity index (χ0) is 17.6. The molecule has 2 aromatic carbocycles. The number of nitrogens with two attached hydrogens (primary N) is 1. The summed E-state index contributed by atoms with van der Waals surface area (Å²) in [5.74, 6) is 0.453. The third-order valence-corrected chi connectivity index (χ3v) is 5.97. The average Bonchev–Trinajstić information content (AvgIpc) is 3.10. The van der Waals surface area contributed by atoms with Crippen LogP contribution in [0.2, 0.25) is 0 Å². The Hall–Kier alpha value is -2.62. The largest absolute Gasteiger partial charge is 0.378 e. The highest BCUT2D eigenvalue weighted by Crippen LogP contribution is 2.50. The van der Waals surface area contributed by atoms with Gasteiger partial charge in [0, 0.05) is 11.6 Å². The Kier molecular flexibility index (Phi) is 3.64. The molecule has 0 saturated heterocycles. The van der Waals surface area contributed by atoms with Gasteiger partial charge in [0.05, 0.1) is 22.6 Å². The molecule has 0 radical (unpaired) electrons. The van der Waals surface area contributed by atoms with Gasteiger partial charge in [-0.15, -0.1) is 0 Å². The highest BCUT2D eigenvalue weighted by Gasteiger charge is 2.38. The molecular formula is C19H17N3O2S. The average molecular weight is 351 g/mol. The SMILES string of the molecule is N#Cc1ccc([C@H]2Nc3ccc(S(N)(=O)=O)cc3[C@H]3C=CC[C@H]32)cc1. The molecule has 3 N–H and O–H groups in total. The molecule has 0 aromatic heterocycles. The van der Waals surface area contributed by atoms with Crippen LogP contribution in [0.25, 0.3) is 0 Å². The van der Waals surface area contributed by atoms with Crippen LogP contribution in [0.4, 0.5) is 5.69 Å². The van der Waals surface area contributed by atoms with E-state index in [1.54, 1.807) is 12.1 Å². The molecule has 2 aromatic rings. The first-order valence-electron chi connectivity index (χ1n) is 8.07. The second-order valence-corrected chi connectivity index (χ2v) is 8.06. The second-order valence-electron chi connectivity index (χ2n) is 6.50. The molecular weight excluding hydrogens is 334 g/mol. The molecule has 0 amide bonds. The molecule has 25 heavy (non-hydrogen) atoms. The van der Waals surface area contributed by atoms with E-state index in [9.17, 15) is 8.42 Å². The first-order valence-corrected chi connectivity index (χ1v) is 9.62. The molecule has 1 aliphatic heterocycles. The predicted molar refractivity (Wildman–Crippen MR) is 95.3 cm³/mol. The van der Waals surface area contributed by atoms with Crippen molar-refractivity contribution in [2.75, 3.05) is 5.32 Å². The number of nitriles is 1. The van der Waals surface area contributed by atoms with Crippen molar-refractivity contribution in [1.29, 1.82) is 5.26 Å². The molecule has 0 saturated carbocycles. The van der Waals surface area contributed by atoms with Gasteiger partial charge in [-0.05, 0) is 53.8 Å². The maximum Gasteiger partial charge on any atom is 0.238 e. The quantitative estimate of drug-likeness (QED) is 0.813. The summed E-state index contributed by atoms with van der Waals surface area (Å²) in [4.78, 5) is 0.143. The van der Waals surface area contributed by atoms with Crippen molar-refractivity contribution in [3.63, 3.8) is 0 Å². The van der Waals surface area contributed by atoms with Gasteiger partial charge in [-0.1, -0.05) is 24.3 Å². The first-order chi connectivity index (χ1) is 12.0. The molecule has 5 nitrogen and oxygen atoms in total. The molecule has 1 heterocycles. The Morgan fingerprint density at radius 1 is 1.16 bits per heavy atom. The fourth-order valence-electron chi connectivity index (χ4n) is 3.84. The lowest BCUT2D eigenvalue weighted by atomic mass is 9.77. The summed E-state index contributed by atoms with van der Waals surface area (Å²) in [6, 6.07) is 14.9. The van der Waals surface area contributed by atoms with Gasteiger partial charge in [0.2, 0.25) is 10.0 Å². The number of hydrogen-bond acceptors (Lipinski definition) is 4. The van der Waals surface area contributed by atoms with E-state index in [1.807, 2.05) is 24.3 Å². The minimum Gasteiger partial charge on any atom is -0.378 e. The van der Waals surface area contributed by atoms with Crippen molar-refractivity contribution in [1.82, 2.24) is 0 Å². The van der Waals surface area contributed by atoms with Crippen molar-refractivity contribution >= 4 is 15.7 Å². The van der Waals surface area contributed by atoms with E-state index < -0.39 is 10.0 Å². The van der Waals surface area contributed by atoms with Crippen molar-refractivity contribution < 1.29 is 8.42 Å². The lowest BCUT2D eigenvalue weighted by molar-refractivity contribution is 0.425. The molecule has 2 aliphatic rings. The van der Waals surface area contributed by atoms with Crippen LogP contribution in [0.5, 0.6) is 0 Å². The van der Waals surface area contributed by atoms with Crippen LogP contribution < -0.4 is 10.5 Å². The summed E-state index contributed by atoms with van der Waals surface area (Å²) in [5, 5.41) is 17.8. The standard InChI is InChI=1S/C19H17N3O2S/c20-11-12-4-6-13(7-5-12)19-16-3-1-2-15(16)17-10-14(25(21,23)24)8-9-18(17)22-19/h1-2,4-10,15-16,19,22H,3H2,(H2,21,23,24)/t15-,16+,19+/m0/s1. The second kappa shape index (κ2) is 5.73. The van der Waals surface area contributed by atoms with Gasteiger partial charge < -0.3 is 5.32 Å². The molecule has 0 spiro atoms. The predicted octanol–water partition coefficient (Wildman–Crippen LogP) is 3.03. The fourth-order valence-corrected chi connectivity index (χ4v) is 4.39. The summed E-state index contributed by atoms with van der Waals surface area (Å²) in [7, 11) is -3.72. The van der Waals surface area contributed by atoms with Crippen LogP contribution in [-0.4, -0.2) is 8.42 Å². The van der Waals surface area contributed by atoms with Gasteiger partial charge >= 0.3 is 0 Å². The van der Waals surface area contributed by atoms with E-state index >= 15 is 0 Å². The number of hydrogen-bond donors (Lipinski definition) is 2. The van der Waals surface area contributed by atoms with Gasteiger partial charge in [-0.3, -0.25) is 0 Å². The fraction of sp³-hybridized carbons (Fsp3) is 0.211. The lowest BCUT2D eigenvalue weighted by Gasteiger charge is -2.37. The van der Waals surface area contributed by atoms with E-state index in [1.165, 1.54) is 6.07 Å². The number of rotatable bonds is 2. The zero-order valence-electron chi connectivity index (χ0n) is 13.4. The van der Waals surface area contributed by atoms with Crippen LogP contribution in [0.3, 0.4) is 0 Å². The molecule has 6 heteroatoms. The maximum absolute atomic E-state index is 11.7. The summed E-state index contributed by atoms with van der Waals surface area (Å²) in [5.41, 5.74) is 3.66. The Labute approximate surface area is 146 Å². The molecule has 0 unspecified atom stereocenters. The highest BCUT2D eigenvalue weighted by atomic mass is 32.2. The van der Waals surface area contributed by atoms with E-state index in [0.29, 0.717) is 11.5 Å². The van der Waals surface area contributed by atoms with E-state index in [2.05, 4.69) is 23.5 Å². The minimum absolute atomic E-state index is 0.112. The van der Waals surface area contributed by atoms with Crippen molar-refractivity contribution in [2.24, 2.45) is 11.1 Å². The maximum atomic E-state index is 11.7. The van der Waals surface area contributed by atoms with Crippen molar-refractivity contribution in [2.45, 2.75) is 23.3 Å². The van der Waals surface area contributed by atoms with E-state index in [-0.39, 0.29) is 16.9 Å². The van der Waals surface area contributed by atoms with Crippen LogP contribution in [0, 0.1) is 17.2 Å². The number of benzene rings is 2. The van der Waals surface area contributed by atoms with Crippen molar-refractivity contribution in [3.05, 3.63) is 71.3 Å². The Morgan fingerprint density at radius 2 is 1.92 bits per heavy atom. The van der Waals surface area contributed by atoms with Gasteiger partial charge in [-0.25, -0.2) is 13.6 Å². The van der Waals surface area contributed by atoms with Crippen molar-refractivity contribution in [3.8, 4) is 6.07 Å². The normalized spacial score (nSPS) is 24.1. The summed E-state index contributed by atoms with van der Waals surface area (Å²) < 4.78 is 23.3. The highest BCUT2D eigenvalue weighted by molar-refractivity contribution is 7.89. The van der Waals surface area contributed by atoms with Crippen LogP contribution in [0.15, 0.2) is 59.5 Å². The van der Waals surface area contributed by atoms with Gasteiger partial charge in [0.1, 0.15) is 0 Å². The molecule has 3 atom stereocenters. The number of fused-ring (bicyclic) bond motifs is 3. The van der Waals surface area contributed by atoms with E-state index in [4.69, 9.17) is 10.4 Å².